The van der Waals surface area contributed by atoms with E-state index in [-0.39, 0.29) is 5.69 Å². The summed E-state index contributed by atoms with van der Waals surface area (Å²) in [5.41, 5.74) is 0.932. The third-order valence-corrected chi connectivity index (χ3v) is 2.80. The van der Waals surface area contributed by atoms with Crippen molar-refractivity contribution in [1.29, 1.82) is 0 Å². The maximum atomic E-state index is 13.3. The summed E-state index contributed by atoms with van der Waals surface area (Å²) >= 11 is 0. The minimum absolute atomic E-state index is 0.133. The molecule has 0 unspecified atom stereocenters. The third-order valence-electron chi connectivity index (χ3n) is 2.80. The number of pyridine rings is 1. The number of nitrogens with zero attached hydrogens (tertiary/aromatic N) is 1. The van der Waals surface area contributed by atoms with Crippen LogP contribution >= 0.6 is 0 Å². The molecule has 0 aliphatic heterocycles. The van der Waals surface area contributed by atoms with E-state index in [2.05, 4.69) is 10.3 Å². The number of hydrogen-bond donors (Lipinski definition) is 1. The zero-order valence-electron chi connectivity index (χ0n) is 11.2. The summed E-state index contributed by atoms with van der Waals surface area (Å²) in [5, 5.41) is 2.75. The second-order valence-electron chi connectivity index (χ2n) is 4.23. The first-order valence-corrected chi connectivity index (χ1v) is 6.45. The predicted molar refractivity (Wildman–Crippen MR) is 74.0 cm³/mol. The van der Waals surface area contributed by atoms with Gasteiger partial charge >= 0.3 is 0 Å². The van der Waals surface area contributed by atoms with Crippen molar-refractivity contribution in [2.45, 2.75) is 13.3 Å². The zero-order valence-corrected chi connectivity index (χ0v) is 11.2. The Labute approximate surface area is 116 Å². The van der Waals surface area contributed by atoms with Crippen molar-refractivity contribution < 1.29 is 13.5 Å². The van der Waals surface area contributed by atoms with Gasteiger partial charge in [0.1, 0.15) is 11.4 Å². The van der Waals surface area contributed by atoms with Crippen molar-refractivity contribution in [3.8, 4) is 5.75 Å². The van der Waals surface area contributed by atoms with E-state index in [1.165, 1.54) is 0 Å². The highest BCUT2D eigenvalue weighted by molar-refractivity contribution is 5.44. The molecule has 3 nitrogen and oxygen atoms in total. The molecule has 20 heavy (non-hydrogen) atoms. The fourth-order valence-electron chi connectivity index (χ4n) is 1.83. The van der Waals surface area contributed by atoms with Gasteiger partial charge in [-0.1, -0.05) is 12.1 Å². The highest BCUT2D eigenvalue weighted by atomic mass is 19.1. The van der Waals surface area contributed by atoms with Gasteiger partial charge in [0.2, 0.25) is 0 Å². The van der Waals surface area contributed by atoms with Gasteiger partial charge in [-0.15, -0.1) is 0 Å². The maximum Gasteiger partial charge on any atom is 0.167 e. The Bertz CT molecular complexity index is 538. The van der Waals surface area contributed by atoms with Crippen LogP contribution in [0.5, 0.6) is 5.75 Å². The summed E-state index contributed by atoms with van der Waals surface area (Å²) in [6.07, 6.45) is 2.64. The fraction of sp³-hybridized carbons (Fsp3) is 0.267. The van der Waals surface area contributed by atoms with Crippen LogP contribution in [-0.2, 0) is 6.42 Å². The predicted octanol–water partition coefficient (Wildman–Crippen LogP) is 3.41. The summed E-state index contributed by atoms with van der Waals surface area (Å²) < 4.78 is 32.0. The molecule has 1 N–H and O–H groups in total. The van der Waals surface area contributed by atoms with Crippen LogP contribution in [0.15, 0.2) is 36.7 Å². The molecule has 2 aromatic rings. The van der Waals surface area contributed by atoms with E-state index in [0.29, 0.717) is 19.6 Å². The molecule has 1 aromatic heterocycles. The lowest BCUT2D eigenvalue weighted by atomic mass is 10.1. The van der Waals surface area contributed by atoms with Crippen LogP contribution in [-0.4, -0.2) is 18.1 Å². The molecule has 0 spiro atoms. The molecule has 106 valence electrons. The lowest BCUT2D eigenvalue weighted by Gasteiger charge is -2.09. The van der Waals surface area contributed by atoms with Crippen LogP contribution in [0, 0.1) is 11.6 Å². The first kappa shape index (κ1) is 14.2. The molecular weight excluding hydrogens is 262 g/mol. The Morgan fingerprint density at radius 3 is 2.35 bits per heavy atom. The molecule has 0 saturated heterocycles. The molecule has 0 fully saturated rings. The van der Waals surface area contributed by atoms with Crippen molar-refractivity contribution in [1.82, 2.24) is 4.98 Å². The number of aromatic nitrogens is 1. The van der Waals surface area contributed by atoms with Gasteiger partial charge in [-0.25, -0.2) is 8.78 Å². The van der Waals surface area contributed by atoms with Gasteiger partial charge < -0.3 is 10.1 Å². The monoisotopic (exact) mass is 278 g/mol. The second-order valence-corrected chi connectivity index (χ2v) is 4.23. The lowest BCUT2D eigenvalue weighted by molar-refractivity contribution is 0.340. The normalized spacial score (nSPS) is 10.3. The minimum atomic E-state index is -0.684. The molecule has 0 amide bonds. The fourth-order valence-corrected chi connectivity index (χ4v) is 1.83. The van der Waals surface area contributed by atoms with Crippen molar-refractivity contribution in [3.05, 3.63) is 53.9 Å². The van der Waals surface area contributed by atoms with Crippen molar-refractivity contribution in [2.24, 2.45) is 0 Å². The lowest BCUT2D eigenvalue weighted by Crippen LogP contribution is -2.08. The van der Waals surface area contributed by atoms with Crippen LogP contribution in [0.4, 0.5) is 14.5 Å². The maximum absolute atomic E-state index is 13.3. The molecule has 1 heterocycles. The summed E-state index contributed by atoms with van der Waals surface area (Å²) in [4.78, 5) is 3.43. The average molecular weight is 278 g/mol. The molecule has 0 radical (unpaired) electrons. The van der Waals surface area contributed by atoms with Crippen molar-refractivity contribution >= 4 is 5.69 Å². The van der Waals surface area contributed by atoms with E-state index in [0.717, 1.165) is 23.7 Å². The average Bonchev–Trinajstić information content (AvgIpc) is 2.44. The first-order valence-electron chi connectivity index (χ1n) is 6.45. The standard InChI is InChI=1S/C15H16F2N2O/c1-2-20-12-5-3-11(4-6-12)7-8-19-15-13(16)9-18-10-14(15)17/h3-6,9-10H,2,7-8H2,1H3,(H,18,19). The molecule has 0 aliphatic carbocycles. The Hall–Kier alpha value is -2.17. The number of rotatable bonds is 6. The Balaban J connectivity index is 1.89. The largest absolute Gasteiger partial charge is 0.494 e. The van der Waals surface area contributed by atoms with Gasteiger partial charge in [-0.2, -0.15) is 0 Å². The minimum Gasteiger partial charge on any atom is -0.494 e. The summed E-state index contributed by atoms with van der Waals surface area (Å²) in [6.45, 7) is 2.99. The third kappa shape index (κ3) is 3.66. The van der Waals surface area contributed by atoms with Gasteiger partial charge in [-0.3, -0.25) is 4.98 Å². The van der Waals surface area contributed by atoms with Crippen LogP contribution < -0.4 is 10.1 Å². The van der Waals surface area contributed by atoms with Gasteiger partial charge in [0, 0.05) is 6.54 Å². The number of hydrogen-bond acceptors (Lipinski definition) is 3. The van der Waals surface area contributed by atoms with Crippen molar-refractivity contribution in [2.75, 3.05) is 18.5 Å². The highest BCUT2D eigenvalue weighted by Gasteiger charge is 2.07. The molecular formula is C15H16F2N2O. The van der Waals surface area contributed by atoms with E-state index < -0.39 is 11.6 Å². The smallest absolute Gasteiger partial charge is 0.167 e. The Morgan fingerprint density at radius 1 is 1.10 bits per heavy atom. The number of anilines is 1. The van der Waals surface area contributed by atoms with E-state index >= 15 is 0 Å². The molecule has 5 heteroatoms. The van der Waals surface area contributed by atoms with Crippen LogP contribution in [0.3, 0.4) is 0 Å². The van der Waals surface area contributed by atoms with E-state index in [1.54, 1.807) is 0 Å². The number of benzene rings is 1. The topological polar surface area (TPSA) is 34.1 Å². The molecule has 0 atom stereocenters. The highest BCUT2D eigenvalue weighted by Crippen LogP contribution is 2.17. The summed E-state index contributed by atoms with van der Waals surface area (Å²) in [6, 6.07) is 7.64. The van der Waals surface area contributed by atoms with Crippen LogP contribution in [0.1, 0.15) is 12.5 Å². The Kier molecular flexibility index (Phi) is 4.87. The van der Waals surface area contributed by atoms with E-state index in [9.17, 15) is 8.78 Å². The van der Waals surface area contributed by atoms with Gasteiger partial charge in [0.25, 0.3) is 0 Å². The summed E-state index contributed by atoms with van der Waals surface area (Å²) in [7, 11) is 0. The zero-order chi connectivity index (χ0) is 14.4. The second kappa shape index (κ2) is 6.84. The van der Waals surface area contributed by atoms with E-state index in [1.807, 2.05) is 31.2 Å². The first-order chi connectivity index (χ1) is 9.70. The molecule has 0 aliphatic rings. The van der Waals surface area contributed by atoms with Crippen molar-refractivity contribution in [3.63, 3.8) is 0 Å². The van der Waals surface area contributed by atoms with Gasteiger partial charge in [-0.05, 0) is 31.0 Å². The SMILES string of the molecule is CCOc1ccc(CCNc2c(F)cncc2F)cc1. The summed E-state index contributed by atoms with van der Waals surface area (Å²) in [5.74, 6) is -0.552. The quantitative estimate of drug-likeness (QED) is 0.879. The van der Waals surface area contributed by atoms with Crippen LogP contribution in [0.25, 0.3) is 0 Å². The number of halogens is 2. The molecule has 0 saturated carbocycles. The number of ether oxygens (including phenoxy) is 1. The number of nitrogens with one attached hydrogen (secondary N) is 1. The van der Waals surface area contributed by atoms with Gasteiger partial charge in [0.15, 0.2) is 11.6 Å². The van der Waals surface area contributed by atoms with Crippen LogP contribution in [0.2, 0.25) is 0 Å². The molecule has 0 bridgehead atoms. The molecule has 2 rings (SSSR count). The van der Waals surface area contributed by atoms with Gasteiger partial charge in [0.05, 0.1) is 19.0 Å². The van der Waals surface area contributed by atoms with E-state index in [4.69, 9.17) is 4.74 Å². The molecule has 1 aromatic carbocycles. The Morgan fingerprint density at radius 2 is 1.75 bits per heavy atom.